The Morgan fingerprint density at radius 1 is 1.09 bits per heavy atom. The van der Waals surface area contributed by atoms with Crippen molar-refractivity contribution < 1.29 is 19.1 Å². The van der Waals surface area contributed by atoms with Crippen molar-refractivity contribution >= 4 is 29.5 Å². The highest BCUT2D eigenvalue weighted by Crippen LogP contribution is 2.30. The standard InChI is InChI=1S/C32H36N8O4.CH4/c1-22(2)28-19-38(29-17-34-27(16-35-29)30(41)43-3)14-15-40(28)31(36-21-33)37-26-11-7-10-24-18-39(13-12-25(24)26)32(42)44-20-23-8-5-4-6-9-23;/h4-11,16-17,22,28H,12-15,18-20H2,1-3H3,(H,36,37);1H4/t28-;/m1./s1. The largest absolute Gasteiger partial charge is 0.464 e. The van der Waals surface area contributed by atoms with Crippen LogP contribution in [0.4, 0.5) is 16.3 Å². The van der Waals surface area contributed by atoms with Gasteiger partial charge in [0.1, 0.15) is 12.4 Å². The number of esters is 1. The molecule has 1 amide bonds. The van der Waals surface area contributed by atoms with Gasteiger partial charge < -0.3 is 24.2 Å². The number of methoxy groups -OCH3 is 1. The second kappa shape index (κ2) is 15.0. The molecule has 1 fully saturated rings. The summed E-state index contributed by atoms with van der Waals surface area (Å²) in [5, 5.41) is 12.5. The molecule has 1 saturated heterocycles. The summed E-state index contributed by atoms with van der Waals surface area (Å²) in [4.78, 5) is 44.2. The molecule has 1 aromatic heterocycles. The van der Waals surface area contributed by atoms with Crippen molar-refractivity contribution in [2.75, 3.05) is 38.2 Å². The number of amides is 1. The lowest BCUT2D eigenvalue weighted by atomic mass is 9.98. The van der Waals surface area contributed by atoms with Gasteiger partial charge in [0.25, 0.3) is 0 Å². The average molecular weight is 613 g/mol. The molecular weight excluding hydrogens is 572 g/mol. The molecule has 3 heterocycles. The van der Waals surface area contributed by atoms with Crippen molar-refractivity contribution in [3.63, 3.8) is 0 Å². The molecule has 12 nitrogen and oxygen atoms in total. The van der Waals surface area contributed by atoms with Crippen LogP contribution in [-0.2, 0) is 29.0 Å². The minimum absolute atomic E-state index is 0. The Morgan fingerprint density at radius 2 is 1.89 bits per heavy atom. The van der Waals surface area contributed by atoms with Gasteiger partial charge in [0.15, 0.2) is 11.9 Å². The van der Waals surface area contributed by atoms with Gasteiger partial charge in [-0.25, -0.2) is 24.5 Å². The van der Waals surface area contributed by atoms with E-state index in [9.17, 15) is 14.9 Å². The van der Waals surface area contributed by atoms with Crippen LogP contribution < -0.4 is 10.2 Å². The number of piperazine rings is 1. The first-order valence-electron chi connectivity index (χ1n) is 14.6. The lowest BCUT2D eigenvalue weighted by molar-refractivity contribution is 0.0593. The van der Waals surface area contributed by atoms with E-state index in [1.807, 2.05) is 48.5 Å². The number of benzene rings is 2. The number of anilines is 1. The predicted octanol–water partition coefficient (Wildman–Crippen LogP) is 4.50. The number of hydrogen-bond acceptors (Lipinski definition) is 9. The van der Waals surface area contributed by atoms with Crippen molar-refractivity contribution in [2.45, 2.75) is 46.9 Å². The van der Waals surface area contributed by atoms with Crippen LogP contribution >= 0.6 is 0 Å². The first kappa shape index (κ1) is 32.7. The van der Waals surface area contributed by atoms with Gasteiger partial charge in [-0.2, -0.15) is 5.26 Å². The number of carbonyl (C=O) groups is 2. The zero-order valence-electron chi connectivity index (χ0n) is 25.1. The van der Waals surface area contributed by atoms with Crippen LogP contribution in [0.15, 0.2) is 65.9 Å². The van der Waals surface area contributed by atoms with E-state index in [0.717, 1.165) is 22.4 Å². The summed E-state index contributed by atoms with van der Waals surface area (Å²) < 4.78 is 10.3. The monoisotopic (exact) mass is 612 g/mol. The van der Waals surface area contributed by atoms with Crippen molar-refractivity contribution in [2.24, 2.45) is 10.9 Å². The zero-order valence-corrected chi connectivity index (χ0v) is 25.1. The molecule has 2 aliphatic rings. The minimum atomic E-state index is -0.531. The summed E-state index contributed by atoms with van der Waals surface area (Å²) in [6.07, 6.45) is 5.35. The Balaban J connectivity index is 0.00000461. The Kier molecular flexibility index (Phi) is 10.9. The Labute approximate surface area is 264 Å². The summed E-state index contributed by atoms with van der Waals surface area (Å²) in [6, 6.07) is 15.5. The summed E-state index contributed by atoms with van der Waals surface area (Å²) in [6.45, 7) is 7.27. The second-order valence-corrected chi connectivity index (χ2v) is 11.0. The average Bonchev–Trinajstić information content (AvgIpc) is 3.06. The highest BCUT2D eigenvalue weighted by Gasteiger charge is 2.33. The lowest BCUT2D eigenvalue weighted by Crippen LogP contribution is -2.59. The van der Waals surface area contributed by atoms with E-state index in [0.29, 0.717) is 50.9 Å². The van der Waals surface area contributed by atoms with Crippen molar-refractivity contribution in [1.82, 2.24) is 25.1 Å². The topological polar surface area (TPSA) is 136 Å². The van der Waals surface area contributed by atoms with Gasteiger partial charge in [-0.3, -0.25) is 5.32 Å². The van der Waals surface area contributed by atoms with E-state index < -0.39 is 5.97 Å². The number of rotatable bonds is 6. The SMILES string of the molecule is C.COC(=O)c1cnc(N2CCN(C(=Nc3cccc4c3CCN(C(=O)OCc3ccccc3)C4)NC#N)[C@@H](C(C)C)C2)cn1. The summed E-state index contributed by atoms with van der Waals surface area (Å²) in [5.74, 6) is 0.844. The summed E-state index contributed by atoms with van der Waals surface area (Å²) in [5.41, 5.74) is 3.92. The number of fused-ring (bicyclic) bond motifs is 1. The number of aliphatic imine (C=N–C) groups is 1. The minimum Gasteiger partial charge on any atom is -0.464 e. The molecule has 2 aliphatic heterocycles. The molecule has 2 aromatic carbocycles. The van der Waals surface area contributed by atoms with Crippen LogP contribution in [0.25, 0.3) is 0 Å². The van der Waals surface area contributed by atoms with E-state index >= 15 is 0 Å². The maximum absolute atomic E-state index is 12.8. The van der Waals surface area contributed by atoms with Gasteiger partial charge in [0.2, 0.25) is 5.96 Å². The number of hydrogen-bond donors (Lipinski definition) is 1. The fourth-order valence-corrected chi connectivity index (χ4v) is 5.53. The molecule has 236 valence electrons. The third-order valence-corrected chi connectivity index (χ3v) is 7.92. The first-order chi connectivity index (χ1) is 21.4. The molecule has 1 atom stereocenters. The molecule has 12 heteroatoms. The normalized spacial score (nSPS) is 16.3. The molecule has 0 bridgehead atoms. The number of nitrogens with one attached hydrogen (secondary N) is 1. The fourth-order valence-electron chi connectivity index (χ4n) is 5.53. The highest BCUT2D eigenvalue weighted by atomic mass is 16.6. The summed E-state index contributed by atoms with van der Waals surface area (Å²) >= 11 is 0. The maximum Gasteiger partial charge on any atom is 0.410 e. The Morgan fingerprint density at radius 3 is 2.58 bits per heavy atom. The molecule has 3 aromatic rings. The van der Waals surface area contributed by atoms with Crippen LogP contribution in [0.3, 0.4) is 0 Å². The molecule has 1 N–H and O–H groups in total. The number of guanidine groups is 1. The van der Waals surface area contributed by atoms with E-state index in [2.05, 4.69) is 45.1 Å². The van der Waals surface area contributed by atoms with Gasteiger partial charge in [0.05, 0.1) is 31.2 Å². The van der Waals surface area contributed by atoms with Crippen molar-refractivity contribution in [1.29, 1.82) is 5.26 Å². The van der Waals surface area contributed by atoms with Crippen molar-refractivity contribution in [3.8, 4) is 6.19 Å². The molecular formula is C33H40N8O4. The number of nitrogens with zero attached hydrogens (tertiary/aromatic N) is 7. The van der Waals surface area contributed by atoms with E-state index in [4.69, 9.17) is 14.5 Å². The molecule has 0 saturated carbocycles. The number of carbonyl (C=O) groups excluding carboxylic acids is 2. The molecule has 0 radical (unpaired) electrons. The number of ether oxygens (including phenoxy) is 2. The third-order valence-electron chi connectivity index (χ3n) is 7.92. The molecule has 5 rings (SSSR count). The smallest absolute Gasteiger partial charge is 0.410 e. The molecule has 0 spiro atoms. The van der Waals surface area contributed by atoms with E-state index in [1.165, 1.54) is 13.3 Å². The zero-order chi connectivity index (χ0) is 31.1. The Bertz CT molecular complexity index is 1540. The third kappa shape index (κ3) is 7.67. The first-order valence-corrected chi connectivity index (χ1v) is 14.6. The second-order valence-electron chi connectivity index (χ2n) is 11.0. The quantitative estimate of drug-likeness (QED) is 0.139. The van der Waals surface area contributed by atoms with Gasteiger partial charge in [0, 0.05) is 32.7 Å². The summed E-state index contributed by atoms with van der Waals surface area (Å²) in [7, 11) is 1.31. The van der Waals surface area contributed by atoms with E-state index in [1.54, 1.807) is 11.1 Å². The fraction of sp³-hybridized carbons (Fsp3) is 0.394. The van der Waals surface area contributed by atoms with Gasteiger partial charge in [-0.15, -0.1) is 0 Å². The van der Waals surface area contributed by atoms with Crippen LogP contribution in [0.2, 0.25) is 0 Å². The van der Waals surface area contributed by atoms with Crippen LogP contribution in [0.5, 0.6) is 0 Å². The molecule has 0 unspecified atom stereocenters. The maximum atomic E-state index is 12.8. The van der Waals surface area contributed by atoms with Gasteiger partial charge >= 0.3 is 12.1 Å². The lowest BCUT2D eigenvalue weighted by Gasteiger charge is -2.44. The van der Waals surface area contributed by atoms with Crippen LogP contribution in [0, 0.1) is 17.4 Å². The molecule has 0 aliphatic carbocycles. The predicted molar refractivity (Wildman–Crippen MR) is 171 cm³/mol. The Hall–Kier alpha value is -5.18. The number of aromatic nitrogens is 2. The number of nitriles is 1. The van der Waals surface area contributed by atoms with Crippen molar-refractivity contribution in [3.05, 3.63) is 83.3 Å². The van der Waals surface area contributed by atoms with E-state index in [-0.39, 0.29) is 37.8 Å². The van der Waals surface area contributed by atoms with Crippen LogP contribution in [-0.4, -0.2) is 77.1 Å². The van der Waals surface area contributed by atoms with Gasteiger partial charge in [-0.1, -0.05) is 63.7 Å². The molecule has 45 heavy (non-hydrogen) atoms. The highest BCUT2D eigenvalue weighted by molar-refractivity contribution is 5.87. The van der Waals surface area contributed by atoms with Gasteiger partial charge in [-0.05, 0) is 35.1 Å². The van der Waals surface area contributed by atoms with Crippen LogP contribution in [0.1, 0.15) is 48.5 Å².